The molecule has 0 aliphatic rings. The van der Waals surface area contributed by atoms with Gasteiger partial charge in [-0.05, 0) is 18.6 Å². The molecular formula is C16H20N2O3S. The van der Waals surface area contributed by atoms with Crippen molar-refractivity contribution in [1.82, 2.24) is 10.3 Å². The van der Waals surface area contributed by atoms with Crippen molar-refractivity contribution in [1.29, 1.82) is 0 Å². The molecule has 2 N–H and O–H groups in total. The van der Waals surface area contributed by atoms with Crippen molar-refractivity contribution in [2.24, 2.45) is 0 Å². The molecule has 1 atom stereocenters. The fourth-order valence-corrected chi connectivity index (χ4v) is 2.69. The molecule has 22 heavy (non-hydrogen) atoms. The van der Waals surface area contributed by atoms with Crippen LogP contribution in [0.25, 0.3) is 0 Å². The molecule has 1 aromatic carbocycles. The van der Waals surface area contributed by atoms with Gasteiger partial charge >= 0.3 is 5.97 Å². The summed E-state index contributed by atoms with van der Waals surface area (Å²) in [6.07, 6.45) is 1.45. The minimum atomic E-state index is -0.815. The van der Waals surface area contributed by atoms with Gasteiger partial charge in [0.1, 0.15) is 23.4 Å². The van der Waals surface area contributed by atoms with Gasteiger partial charge < -0.3 is 9.84 Å². The van der Waals surface area contributed by atoms with Crippen molar-refractivity contribution in [2.45, 2.75) is 39.0 Å². The van der Waals surface area contributed by atoms with Crippen LogP contribution in [-0.2, 0) is 17.9 Å². The van der Waals surface area contributed by atoms with Crippen LogP contribution in [0.1, 0.15) is 30.5 Å². The summed E-state index contributed by atoms with van der Waals surface area (Å²) in [6, 6.07) is 9.07. The molecule has 6 heteroatoms. The van der Waals surface area contributed by atoms with E-state index < -0.39 is 12.0 Å². The van der Waals surface area contributed by atoms with Crippen LogP contribution in [0.4, 0.5) is 0 Å². The van der Waals surface area contributed by atoms with Crippen LogP contribution < -0.4 is 10.1 Å². The third-order valence-electron chi connectivity index (χ3n) is 3.11. The second-order valence-corrected chi connectivity index (χ2v) is 5.84. The Balaban J connectivity index is 1.82. The fraction of sp³-hybridized carbons (Fsp3) is 0.375. The molecule has 1 aromatic heterocycles. The third-order valence-corrected chi connectivity index (χ3v) is 3.98. The average molecular weight is 320 g/mol. The number of rotatable bonds is 9. The number of carbonyl (C=O) groups is 1. The van der Waals surface area contributed by atoms with Gasteiger partial charge in [0, 0.05) is 11.9 Å². The Morgan fingerprint density at radius 2 is 2.18 bits per heavy atom. The largest absolute Gasteiger partial charge is 0.486 e. The number of hydrogen-bond acceptors (Lipinski definition) is 5. The van der Waals surface area contributed by atoms with E-state index in [0.717, 1.165) is 22.9 Å². The summed E-state index contributed by atoms with van der Waals surface area (Å²) in [4.78, 5) is 15.5. The van der Waals surface area contributed by atoms with Gasteiger partial charge in [0.25, 0.3) is 0 Å². The van der Waals surface area contributed by atoms with Crippen LogP contribution in [-0.4, -0.2) is 22.1 Å². The lowest BCUT2D eigenvalue weighted by Gasteiger charge is -2.11. The quantitative estimate of drug-likeness (QED) is 0.743. The Morgan fingerprint density at radius 1 is 1.41 bits per heavy atom. The molecular weight excluding hydrogens is 300 g/mol. The van der Waals surface area contributed by atoms with Gasteiger partial charge in [-0.3, -0.25) is 10.1 Å². The van der Waals surface area contributed by atoms with Crippen molar-refractivity contribution in [3.05, 3.63) is 46.4 Å². The molecule has 2 rings (SSSR count). The van der Waals surface area contributed by atoms with E-state index in [1.54, 1.807) is 0 Å². The summed E-state index contributed by atoms with van der Waals surface area (Å²) in [5, 5.41) is 14.9. The van der Waals surface area contributed by atoms with E-state index in [2.05, 4.69) is 10.3 Å². The predicted octanol–water partition coefficient (Wildman–Crippen LogP) is 3.07. The third kappa shape index (κ3) is 5.13. The Bertz CT molecular complexity index is 586. The number of aliphatic carboxylic acids is 1. The highest BCUT2D eigenvalue weighted by Crippen LogP contribution is 2.15. The Morgan fingerprint density at radius 3 is 2.86 bits per heavy atom. The summed E-state index contributed by atoms with van der Waals surface area (Å²) in [5.74, 6) is -0.00373. The first kappa shape index (κ1) is 16.5. The number of benzene rings is 1. The maximum atomic E-state index is 11.1. The normalized spacial score (nSPS) is 12.0. The summed E-state index contributed by atoms with van der Waals surface area (Å²) in [5.41, 5.74) is 0.846. The Hall–Kier alpha value is -1.92. The van der Waals surface area contributed by atoms with Crippen LogP contribution in [0, 0.1) is 0 Å². The first-order chi connectivity index (χ1) is 10.7. The zero-order chi connectivity index (χ0) is 15.8. The molecule has 0 aliphatic heterocycles. The van der Waals surface area contributed by atoms with Crippen LogP contribution in [0.5, 0.6) is 5.75 Å². The number of carboxylic acids is 1. The van der Waals surface area contributed by atoms with E-state index in [1.807, 2.05) is 42.6 Å². The van der Waals surface area contributed by atoms with Crippen molar-refractivity contribution in [3.8, 4) is 5.75 Å². The van der Waals surface area contributed by atoms with Gasteiger partial charge in [0.2, 0.25) is 0 Å². The Labute approximate surface area is 134 Å². The Kier molecular flexibility index (Phi) is 6.36. The molecule has 1 heterocycles. The highest BCUT2D eigenvalue weighted by molar-refractivity contribution is 7.09. The van der Waals surface area contributed by atoms with Gasteiger partial charge in [-0.15, -0.1) is 11.3 Å². The zero-order valence-electron chi connectivity index (χ0n) is 12.5. The lowest BCUT2D eigenvalue weighted by molar-refractivity contribution is -0.139. The first-order valence-corrected chi connectivity index (χ1v) is 8.14. The van der Waals surface area contributed by atoms with Crippen molar-refractivity contribution < 1.29 is 14.6 Å². The lowest BCUT2D eigenvalue weighted by Crippen LogP contribution is -2.36. The van der Waals surface area contributed by atoms with E-state index in [9.17, 15) is 4.79 Å². The van der Waals surface area contributed by atoms with E-state index >= 15 is 0 Å². The highest BCUT2D eigenvalue weighted by Gasteiger charge is 2.15. The number of nitrogens with zero attached hydrogens (tertiary/aromatic N) is 1. The molecule has 0 aliphatic carbocycles. The average Bonchev–Trinajstić information content (AvgIpc) is 2.98. The standard InChI is InChI=1S/C16H20N2O3S/c1-2-6-14(16(19)20)17-9-12-11-22-15(18-12)10-21-13-7-4-3-5-8-13/h3-5,7-8,11,14,17H,2,6,9-10H2,1H3,(H,19,20). The van der Waals surface area contributed by atoms with Crippen LogP contribution >= 0.6 is 11.3 Å². The molecule has 0 bridgehead atoms. The number of hydrogen-bond donors (Lipinski definition) is 2. The molecule has 0 saturated heterocycles. The summed E-state index contributed by atoms with van der Waals surface area (Å²) < 4.78 is 5.64. The SMILES string of the molecule is CCCC(NCc1csc(COc2ccccc2)n1)C(=O)O. The minimum absolute atomic E-state index is 0.423. The van der Waals surface area contributed by atoms with Gasteiger partial charge in [0.05, 0.1) is 5.69 Å². The monoisotopic (exact) mass is 320 g/mol. The molecule has 0 radical (unpaired) electrons. The molecule has 2 aromatic rings. The summed E-state index contributed by atoms with van der Waals surface area (Å²) >= 11 is 1.52. The lowest BCUT2D eigenvalue weighted by atomic mass is 10.1. The zero-order valence-corrected chi connectivity index (χ0v) is 13.3. The molecule has 0 fully saturated rings. The molecule has 0 saturated carbocycles. The second kappa shape index (κ2) is 8.51. The van der Waals surface area contributed by atoms with Crippen LogP contribution in [0.15, 0.2) is 35.7 Å². The summed E-state index contributed by atoms with van der Waals surface area (Å²) in [7, 11) is 0. The first-order valence-electron chi connectivity index (χ1n) is 7.26. The number of carboxylic acid groups (broad SMARTS) is 1. The van der Waals surface area contributed by atoms with E-state index in [-0.39, 0.29) is 0 Å². The molecule has 5 nitrogen and oxygen atoms in total. The van der Waals surface area contributed by atoms with Crippen molar-refractivity contribution in [2.75, 3.05) is 0 Å². The number of nitrogens with one attached hydrogen (secondary N) is 1. The molecule has 0 amide bonds. The van der Waals surface area contributed by atoms with Crippen LogP contribution in [0.2, 0.25) is 0 Å². The molecule has 118 valence electrons. The topological polar surface area (TPSA) is 71.5 Å². The minimum Gasteiger partial charge on any atom is -0.486 e. The van der Waals surface area contributed by atoms with E-state index in [4.69, 9.17) is 9.84 Å². The second-order valence-electron chi connectivity index (χ2n) is 4.89. The van der Waals surface area contributed by atoms with Crippen molar-refractivity contribution >= 4 is 17.3 Å². The van der Waals surface area contributed by atoms with Crippen LogP contribution in [0.3, 0.4) is 0 Å². The maximum absolute atomic E-state index is 11.1. The van der Waals surface area contributed by atoms with Gasteiger partial charge in [-0.2, -0.15) is 0 Å². The highest BCUT2D eigenvalue weighted by atomic mass is 32.1. The van der Waals surface area contributed by atoms with Crippen molar-refractivity contribution in [3.63, 3.8) is 0 Å². The van der Waals surface area contributed by atoms with Gasteiger partial charge in [-0.25, -0.2) is 4.98 Å². The number of thiazole rings is 1. The number of ether oxygens (including phenoxy) is 1. The van der Waals surface area contributed by atoms with E-state index in [0.29, 0.717) is 19.6 Å². The van der Waals surface area contributed by atoms with Gasteiger partial charge in [0.15, 0.2) is 0 Å². The van der Waals surface area contributed by atoms with E-state index in [1.165, 1.54) is 11.3 Å². The number of para-hydroxylation sites is 1. The maximum Gasteiger partial charge on any atom is 0.320 e. The predicted molar refractivity (Wildman–Crippen MR) is 86.1 cm³/mol. The number of aromatic nitrogens is 1. The molecule has 0 spiro atoms. The summed E-state index contributed by atoms with van der Waals surface area (Å²) in [6.45, 7) is 2.85. The molecule has 1 unspecified atom stereocenters. The van der Waals surface area contributed by atoms with Gasteiger partial charge in [-0.1, -0.05) is 31.5 Å². The smallest absolute Gasteiger partial charge is 0.320 e. The fourth-order valence-electron chi connectivity index (χ4n) is 1.99.